The van der Waals surface area contributed by atoms with Gasteiger partial charge in [-0.15, -0.1) is 0 Å². The van der Waals surface area contributed by atoms with E-state index < -0.39 is 10.2 Å². The van der Waals surface area contributed by atoms with Gasteiger partial charge in [-0.2, -0.15) is 14.0 Å². The lowest BCUT2D eigenvalue weighted by Crippen LogP contribution is -2.58. The van der Waals surface area contributed by atoms with E-state index in [1.165, 1.54) is 0 Å². The fourth-order valence-corrected chi connectivity index (χ4v) is 0. The molecule has 0 aliphatic carbocycles. The molecule has 0 rings (SSSR count). The molecule has 0 aliphatic rings. The van der Waals surface area contributed by atoms with Crippen LogP contribution < -0.4 is 14.0 Å². The van der Waals surface area contributed by atoms with E-state index in [2.05, 4.69) is 0 Å². The van der Waals surface area contributed by atoms with Crippen LogP contribution in [0.4, 0.5) is 0 Å². The van der Waals surface area contributed by atoms with Crippen molar-refractivity contribution in [3.05, 3.63) is 0 Å². The number of aliphatic hydroxyl groups excluding tert-OH is 1. The topological polar surface area (TPSA) is 110 Å². The van der Waals surface area contributed by atoms with E-state index in [1.807, 2.05) is 0 Å². The van der Waals surface area contributed by atoms with Crippen LogP contribution in [-0.4, -0.2) is 16.9 Å². The fraction of sp³-hybridized carbons (Fsp3) is 1.00. The third-order valence-corrected chi connectivity index (χ3v) is 0. The van der Waals surface area contributed by atoms with Crippen LogP contribution in [0, 0.1) is 10.2 Å². The lowest BCUT2D eigenvalue weighted by atomic mass is 11.8. The van der Waals surface area contributed by atoms with Gasteiger partial charge in [0.05, 0.1) is 14.9 Å². The van der Waals surface area contributed by atoms with Gasteiger partial charge < -0.3 is 5.11 Å². The van der Waals surface area contributed by atoms with Crippen molar-refractivity contribution in [1.82, 2.24) is 0 Å². The van der Waals surface area contributed by atoms with Gasteiger partial charge in [0.25, 0.3) is 0 Å². The first-order valence-corrected chi connectivity index (χ1v) is 2.34. The third kappa shape index (κ3) is 12600. The summed E-state index contributed by atoms with van der Waals surface area (Å²) < 4.78 is 32.7. The molecule has 0 aromatic carbocycles. The second kappa shape index (κ2) is 4.25. The summed E-state index contributed by atoms with van der Waals surface area (Å²) in [5, 5.41) is 7.00. The summed E-state index contributed by atoms with van der Waals surface area (Å²) in [6.45, 7) is 0. The number of halogens is 1. The largest absolute Gasteiger partial charge is 0.400 e. The second-order valence-electron chi connectivity index (χ2n) is 0.396. The molecule has 0 atom stereocenters. The molecule has 0 heterocycles. The van der Waals surface area contributed by atoms with Gasteiger partial charge in [-0.1, -0.05) is 0 Å². The molecular formula is CH5ClO5. The summed E-state index contributed by atoms with van der Waals surface area (Å²) in [5.74, 6) is 0. The van der Waals surface area contributed by atoms with E-state index in [9.17, 15) is 0 Å². The summed E-state index contributed by atoms with van der Waals surface area (Å²) in [6, 6.07) is 0. The highest BCUT2D eigenvalue weighted by molar-refractivity contribution is 3.18. The third-order valence-electron chi connectivity index (χ3n) is 0. The van der Waals surface area contributed by atoms with Gasteiger partial charge in [0.2, 0.25) is 0 Å². The maximum atomic E-state index is 8.60. The first-order chi connectivity index (χ1) is 3.00. The van der Waals surface area contributed by atoms with Crippen molar-refractivity contribution in [3.63, 3.8) is 0 Å². The normalized spacial score (nSPS) is 9.43. The zero-order chi connectivity index (χ0) is 6.50. The minimum atomic E-state index is -4.69. The van der Waals surface area contributed by atoms with Crippen LogP contribution >= 0.6 is 0 Å². The number of hydrogen-bond acceptors (Lipinski definition) is 5. The first kappa shape index (κ1) is 10.1. The molecule has 0 saturated heterocycles. The van der Waals surface area contributed by atoms with Crippen LogP contribution in [0.25, 0.3) is 0 Å². The quantitative estimate of drug-likeness (QED) is 0.345. The van der Waals surface area contributed by atoms with Crippen LogP contribution in [0.2, 0.25) is 0 Å². The molecule has 0 bridgehead atoms. The van der Waals surface area contributed by atoms with Gasteiger partial charge in [0.15, 0.2) is 0 Å². The Morgan fingerprint density at radius 1 is 1.14 bits per heavy atom. The van der Waals surface area contributed by atoms with Crippen molar-refractivity contribution >= 4 is 0 Å². The number of hydrogen-bond donors (Lipinski definition) is 2. The lowest BCUT2D eigenvalue weighted by molar-refractivity contribution is -1.92. The van der Waals surface area contributed by atoms with Crippen LogP contribution in [0.1, 0.15) is 0 Å². The highest BCUT2D eigenvalue weighted by atomic mass is 35.7. The van der Waals surface area contributed by atoms with Gasteiger partial charge in [-0.25, -0.2) is 0 Å². The summed E-state index contributed by atoms with van der Waals surface area (Å²) in [7, 11) is -3.69. The van der Waals surface area contributed by atoms with Gasteiger partial charge in [-0.3, -0.25) is 0 Å². The molecule has 5 nitrogen and oxygen atoms in total. The molecule has 0 saturated carbocycles. The minimum absolute atomic E-state index is 1.00. The van der Waals surface area contributed by atoms with E-state index in [4.69, 9.17) is 23.7 Å². The molecule has 0 amide bonds. The molecule has 46 valence electrons. The molecule has 0 aromatic rings. The van der Waals surface area contributed by atoms with E-state index in [0.717, 1.165) is 7.11 Å². The average Bonchev–Trinajstić information content (AvgIpc) is 1.36. The zero-order valence-electron chi connectivity index (χ0n) is 3.50. The Kier molecular flexibility index (Phi) is 6.17. The van der Waals surface area contributed by atoms with Crippen molar-refractivity contribution in [2.75, 3.05) is 7.11 Å². The van der Waals surface area contributed by atoms with Crippen molar-refractivity contribution in [2.45, 2.75) is 0 Å². The summed E-state index contributed by atoms with van der Waals surface area (Å²) in [4.78, 5) is 0. The smallest absolute Gasteiger partial charge is 0.0777 e. The fourth-order valence-electron chi connectivity index (χ4n) is 0. The molecule has 0 unspecified atom stereocenters. The summed E-state index contributed by atoms with van der Waals surface area (Å²) >= 11 is 0. The van der Waals surface area contributed by atoms with Gasteiger partial charge in [0, 0.05) is 7.11 Å². The Hall–Kier alpha value is 0.0900. The van der Waals surface area contributed by atoms with E-state index in [1.54, 1.807) is 0 Å². The first-order valence-electron chi connectivity index (χ1n) is 1.08. The summed E-state index contributed by atoms with van der Waals surface area (Å²) in [5.41, 5.74) is 0. The average molecular weight is 132 g/mol. The van der Waals surface area contributed by atoms with Crippen LogP contribution in [0.15, 0.2) is 0 Å². The van der Waals surface area contributed by atoms with Gasteiger partial charge in [0.1, 0.15) is 0 Å². The number of aliphatic hydroxyl groups is 1. The lowest BCUT2D eigenvalue weighted by Gasteiger charge is -2.03. The molecule has 0 aromatic heterocycles. The predicted octanol–water partition coefficient (Wildman–Crippen LogP) is -4.52. The Bertz CT molecular complexity index is 23.6. The molecule has 0 fully saturated rings. The molecule has 0 radical (unpaired) electrons. The second-order valence-corrected chi connectivity index (χ2v) is 1.19. The minimum Gasteiger partial charge on any atom is -0.400 e. The maximum Gasteiger partial charge on any atom is 0.0777 e. The maximum absolute atomic E-state index is 8.60. The van der Waals surface area contributed by atoms with E-state index >= 15 is 0 Å². The molecule has 0 spiro atoms. The molecule has 7 heavy (non-hydrogen) atoms. The Labute approximate surface area is 42.2 Å². The standard InChI is InChI=1S/CH4O.ClHO4/c1-2;2-1(3,4)5/h2H,1H3;(H,2,3,4,5). The van der Waals surface area contributed by atoms with Crippen molar-refractivity contribution < 1.29 is 34.0 Å². The van der Waals surface area contributed by atoms with Gasteiger partial charge >= 0.3 is 0 Å². The van der Waals surface area contributed by atoms with Crippen LogP contribution in [-0.2, 0) is 0 Å². The van der Waals surface area contributed by atoms with Crippen LogP contribution in [0.5, 0.6) is 0 Å². The summed E-state index contributed by atoms with van der Waals surface area (Å²) in [6.07, 6.45) is 0. The van der Waals surface area contributed by atoms with E-state index in [-0.39, 0.29) is 0 Å². The number of rotatable bonds is 0. The highest BCUT2D eigenvalue weighted by Crippen LogP contribution is 1.60. The van der Waals surface area contributed by atoms with Gasteiger partial charge in [-0.05, 0) is 0 Å². The Morgan fingerprint density at radius 2 is 1.14 bits per heavy atom. The zero-order valence-corrected chi connectivity index (χ0v) is 4.25. The van der Waals surface area contributed by atoms with Crippen molar-refractivity contribution in [1.29, 1.82) is 0 Å². The van der Waals surface area contributed by atoms with Crippen molar-refractivity contribution in [3.8, 4) is 0 Å². The Balaban J connectivity index is 0. The predicted molar refractivity (Wildman–Crippen MR) is 10.4 cm³/mol. The molecule has 0 aliphatic heterocycles. The monoisotopic (exact) mass is 132 g/mol. The molecule has 6 heteroatoms. The molecular weight excluding hydrogens is 127 g/mol. The SMILES string of the molecule is CO.[O-][Cl+3]([O-])([O-])O. The Morgan fingerprint density at radius 3 is 1.14 bits per heavy atom. The van der Waals surface area contributed by atoms with E-state index in [0.29, 0.717) is 0 Å². The van der Waals surface area contributed by atoms with Crippen LogP contribution in [0.3, 0.4) is 0 Å². The van der Waals surface area contributed by atoms with Crippen molar-refractivity contribution in [2.24, 2.45) is 0 Å². The molecule has 2 N–H and O–H groups in total. The highest BCUT2D eigenvalue weighted by Gasteiger charge is 1.98.